The standard InChI is InChI=1S/C21H23F2NO3/c1-26-18-12-16(13-19(14-18)27-2)21(23)7-9-24(10-8-21)20(25)11-15-3-5-17(22)6-4-15/h3-6,12-14H,7-11H2,1-2H3. The number of amides is 1. The second-order valence-corrected chi connectivity index (χ2v) is 6.75. The Morgan fingerprint density at radius 2 is 1.59 bits per heavy atom. The van der Waals surface area contributed by atoms with E-state index < -0.39 is 5.67 Å². The largest absolute Gasteiger partial charge is 0.497 e. The molecule has 0 aliphatic carbocycles. The summed E-state index contributed by atoms with van der Waals surface area (Å²) < 4.78 is 39.0. The van der Waals surface area contributed by atoms with Crippen LogP contribution in [0.4, 0.5) is 8.78 Å². The average Bonchev–Trinajstić information content (AvgIpc) is 2.69. The third-order valence-corrected chi connectivity index (χ3v) is 5.05. The number of carbonyl (C=O) groups is 1. The molecule has 0 N–H and O–H groups in total. The van der Waals surface area contributed by atoms with E-state index in [-0.39, 0.29) is 31.0 Å². The van der Waals surface area contributed by atoms with Gasteiger partial charge < -0.3 is 14.4 Å². The molecule has 0 saturated carbocycles. The number of piperidine rings is 1. The number of ether oxygens (including phenoxy) is 2. The summed E-state index contributed by atoms with van der Waals surface area (Å²) in [6.45, 7) is 0.659. The van der Waals surface area contributed by atoms with Crippen molar-refractivity contribution in [3.8, 4) is 11.5 Å². The predicted octanol–water partition coefficient (Wildman–Crippen LogP) is 3.87. The Balaban J connectivity index is 1.66. The van der Waals surface area contributed by atoms with Gasteiger partial charge in [-0.05, 0) is 35.4 Å². The van der Waals surface area contributed by atoms with Gasteiger partial charge in [-0.25, -0.2) is 8.78 Å². The highest BCUT2D eigenvalue weighted by atomic mass is 19.1. The summed E-state index contributed by atoms with van der Waals surface area (Å²) in [5.41, 5.74) is -0.283. The van der Waals surface area contributed by atoms with Crippen LogP contribution in [0.1, 0.15) is 24.0 Å². The predicted molar refractivity (Wildman–Crippen MR) is 98.3 cm³/mol. The Bertz CT molecular complexity index is 777. The van der Waals surface area contributed by atoms with E-state index in [1.54, 1.807) is 35.2 Å². The lowest BCUT2D eigenvalue weighted by atomic mass is 9.85. The van der Waals surface area contributed by atoms with E-state index in [0.717, 1.165) is 5.56 Å². The second kappa shape index (κ2) is 7.94. The summed E-state index contributed by atoms with van der Waals surface area (Å²) in [7, 11) is 3.06. The molecule has 4 nitrogen and oxygen atoms in total. The summed E-state index contributed by atoms with van der Waals surface area (Å²) in [6.07, 6.45) is 0.601. The van der Waals surface area contributed by atoms with Gasteiger partial charge in [0.25, 0.3) is 0 Å². The number of methoxy groups -OCH3 is 2. The highest BCUT2D eigenvalue weighted by Gasteiger charge is 2.38. The number of halogens is 2. The zero-order valence-corrected chi connectivity index (χ0v) is 15.5. The molecule has 2 aromatic rings. The highest BCUT2D eigenvalue weighted by molar-refractivity contribution is 5.78. The van der Waals surface area contributed by atoms with E-state index in [9.17, 15) is 9.18 Å². The van der Waals surface area contributed by atoms with Gasteiger partial charge in [0.05, 0.1) is 20.6 Å². The maximum absolute atomic E-state index is 15.6. The zero-order valence-electron chi connectivity index (χ0n) is 15.5. The van der Waals surface area contributed by atoms with Crippen LogP contribution in [-0.2, 0) is 16.9 Å². The summed E-state index contributed by atoms with van der Waals surface area (Å²) in [5, 5.41) is 0. The lowest BCUT2D eigenvalue weighted by Crippen LogP contribution is -2.44. The molecule has 0 aromatic heterocycles. The van der Waals surface area contributed by atoms with Gasteiger partial charge in [-0.2, -0.15) is 0 Å². The van der Waals surface area contributed by atoms with Gasteiger partial charge in [0.15, 0.2) is 0 Å². The maximum Gasteiger partial charge on any atom is 0.226 e. The van der Waals surface area contributed by atoms with Crippen LogP contribution < -0.4 is 9.47 Å². The molecule has 27 heavy (non-hydrogen) atoms. The van der Waals surface area contributed by atoms with E-state index in [1.807, 2.05) is 0 Å². The van der Waals surface area contributed by atoms with E-state index in [1.165, 1.54) is 26.4 Å². The van der Waals surface area contributed by atoms with Gasteiger partial charge >= 0.3 is 0 Å². The minimum atomic E-state index is -1.53. The van der Waals surface area contributed by atoms with Gasteiger partial charge in [-0.15, -0.1) is 0 Å². The summed E-state index contributed by atoms with van der Waals surface area (Å²) in [4.78, 5) is 14.1. The van der Waals surface area contributed by atoms with Crippen LogP contribution in [0.2, 0.25) is 0 Å². The first kappa shape index (κ1) is 19.1. The topological polar surface area (TPSA) is 38.8 Å². The molecule has 0 bridgehead atoms. The van der Waals surface area contributed by atoms with Crippen molar-refractivity contribution in [1.82, 2.24) is 4.90 Å². The number of benzene rings is 2. The first-order valence-electron chi connectivity index (χ1n) is 8.88. The molecule has 144 valence electrons. The first-order chi connectivity index (χ1) is 12.9. The zero-order chi connectivity index (χ0) is 19.4. The number of rotatable bonds is 5. The summed E-state index contributed by atoms with van der Waals surface area (Å²) in [6, 6.07) is 10.9. The van der Waals surface area contributed by atoms with Crippen LogP contribution in [0.3, 0.4) is 0 Å². The third kappa shape index (κ3) is 4.38. The van der Waals surface area contributed by atoms with Gasteiger partial charge in [0.2, 0.25) is 5.91 Å². The number of alkyl halides is 1. The van der Waals surface area contributed by atoms with E-state index >= 15 is 4.39 Å². The fraction of sp³-hybridized carbons (Fsp3) is 0.381. The normalized spacial score (nSPS) is 16.1. The number of nitrogens with zero attached hydrogens (tertiary/aromatic N) is 1. The van der Waals surface area contributed by atoms with Crippen molar-refractivity contribution in [2.75, 3.05) is 27.3 Å². The van der Waals surface area contributed by atoms with Crippen LogP contribution in [0.25, 0.3) is 0 Å². The highest BCUT2D eigenvalue weighted by Crippen LogP contribution is 2.40. The van der Waals surface area contributed by atoms with Crippen molar-refractivity contribution >= 4 is 5.91 Å². The molecule has 1 aliphatic heterocycles. The second-order valence-electron chi connectivity index (χ2n) is 6.75. The fourth-order valence-corrected chi connectivity index (χ4v) is 3.35. The Morgan fingerprint density at radius 1 is 1.04 bits per heavy atom. The molecule has 1 aliphatic rings. The van der Waals surface area contributed by atoms with Crippen LogP contribution in [0, 0.1) is 5.82 Å². The molecule has 0 spiro atoms. The molecule has 0 radical (unpaired) electrons. The molecule has 1 saturated heterocycles. The maximum atomic E-state index is 15.6. The summed E-state index contributed by atoms with van der Waals surface area (Å²) in [5.74, 6) is 0.666. The van der Waals surface area contributed by atoms with Crippen molar-refractivity contribution < 1.29 is 23.0 Å². The average molecular weight is 375 g/mol. The Kier molecular flexibility index (Phi) is 5.63. The Hall–Kier alpha value is -2.63. The monoisotopic (exact) mass is 375 g/mol. The quantitative estimate of drug-likeness (QED) is 0.796. The molecule has 2 aromatic carbocycles. The molecule has 1 amide bonds. The molecule has 6 heteroatoms. The lowest BCUT2D eigenvalue weighted by Gasteiger charge is -2.37. The Labute approximate surface area is 157 Å². The van der Waals surface area contributed by atoms with Gasteiger partial charge in [-0.3, -0.25) is 4.79 Å². The molecule has 3 rings (SSSR count). The molecule has 1 fully saturated rings. The van der Waals surface area contributed by atoms with Crippen LogP contribution in [0.15, 0.2) is 42.5 Å². The van der Waals surface area contributed by atoms with Crippen LogP contribution in [-0.4, -0.2) is 38.1 Å². The molecule has 1 heterocycles. The van der Waals surface area contributed by atoms with Crippen LogP contribution >= 0.6 is 0 Å². The molecular weight excluding hydrogens is 352 g/mol. The first-order valence-corrected chi connectivity index (χ1v) is 8.88. The van der Waals surface area contributed by atoms with Crippen molar-refractivity contribution in [1.29, 1.82) is 0 Å². The Morgan fingerprint density at radius 3 is 2.11 bits per heavy atom. The number of likely N-dealkylation sites (tertiary alicyclic amines) is 1. The van der Waals surface area contributed by atoms with Gasteiger partial charge in [-0.1, -0.05) is 12.1 Å². The van der Waals surface area contributed by atoms with Crippen molar-refractivity contribution in [2.45, 2.75) is 24.9 Å². The molecule has 0 unspecified atom stereocenters. The minimum Gasteiger partial charge on any atom is -0.497 e. The fourth-order valence-electron chi connectivity index (χ4n) is 3.35. The third-order valence-electron chi connectivity index (χ3n) is 5.05. The van der Waals surface area contributed by atoms with Crippen molar-refractivity contribution in [2.24, 2.45) is 0 Å². The van der Waals surface area contributed by atoms with Crippen molar-refractivity contribution in [3.05, 3.63) is 59.4 Å². The van der Waals surface area contributed by atoms with Gasteiger partial charge in [0.1, 0.15) is 23.0 Å². The summed E-state index contributed by atoms with van der Waals surface area (Å²) >= 11 is 0. The SMILES string of the molecule is COc1cc(OC)cc(C2(F)CCN(C(=O)Cc3ccc(F)cc3)CC2)c1. The lowest BCUT2D eigenvalue weighted by molar-refractivity contribution is -0.133. The van der Waals surface area contributed by atoms with E-state index in [2.05, 4.69) is 0 Å². The minimum absolute atomic E-state index is 0.0770. The molecule has 0 atom stereocenters. The number of carbonyl (C=O) groups excluding carboxylic acids is 1. The van der Waals surface area contributed by atoms with E-state index in [4.69, 9.17) is 9.47 Å². The number of hydrogen-bond acceptors (Lipinski definition) is 3. The molecular formula is C21H23F2NO3. The van der Waals surface area contributed by atoms with Gasteiger partial charge in [0, 0.05) is 32.0 Å². The van der Waals surface area contributed by atoms with Crippen LogP contribution in [0.5, 0.6) is 11.5 Å². The van der Waals surface area contributed by atoms with Crippen molar-refractivity contribution in [3.63, 3.8) is 0 Å². The van der Waals surface area contributed by atoms with E-state index in [0.29, 0.717) is 30.2 Å². The number of hydrogen-bond donors (Lipinski definition) is 0. The smallest absolute Gasteiger partial charge is 0.226 e.